The molecule has 3 aromatic rings. The van der Waals surface area contributed by atoms with Crippen LogP contribution in [0.1, 0.15) is 11.5 Å². The number of benzene rings is 2. The number of hydrogen-bond acceptors (Lipinski definition) is 4. The number of hydrogen-bond donors (Lipinski definition) is 1. The molecule has 0 atom stereocenters. The van der Waals surface area contributed by atoms with Crippen molar-refractivity contribution in [3.63, 3.8) is 0 Å². The van der Waals surface area contributed by atoms with Crippen molar-refractivity contribution in [1.29, 1.82) is 0 Å². The van der Waals surface area contributed by atoms with Gasteiger partial charge in [0, 0.05) is 5.56 Å². The van der Waals surface area contributed by atoms with Gasteiger partial charge in [-0.15, -0.1) is 0 Å². The monoisotopic (exact) mass is 355 g/mol. The van der Waals surface area contributed by atoms with Crippen molar-refractivity contribution in [2.45, 2.75) is 12.7 Å². The van der Waals surface area contributed by atoms with Crippen molar-refractivity contribution in [1.82, 2.24) is 10.1 Å². The normalized spacial score (nSPS) is 11.6. The molecular formula is C16H10F5N3O. The van der Waals surface area contributed by atoms with Crippen LogP contribution < -0.4 is 5.32 Å². The second kappa shape index (κ2) is 6.50. The number of halogens is 5. The number of alkyl halides is 3. The van der Waals surface area contributed by atoms with Gasteiger partial charge in [-0.05, 0) is 30.3 Å². The van der Waals surface area contributed by atoms with Crippen LogP contribution in [0.3, 0.4) is 0 Å². The predicted molar refractivity (Wildman–Crippen MR) is 78.4 cm³/mol. The zero-order chi connectivity index (χ0) is 18.0. The summed E-state index contributed by atoms with van der Waals surface area (Å²) in [5.41, 5.74) is -0.808. The number of nitrogens with one attached hydrogen (secondary N) is 1. The van der Waals surface area contributed by atoms with Gasteiger partial charge >= 0.3 is 6.18 Å². The van der Waals surface area contributed by atoms with E-state index in [2.05, 4.69) is 15.5 Å². The molecule has 0 unspecified atom stereocenters. The van der Waals surface area contributed by atoms with Gasteiger partial charge in [-0.2, -0.15) is 18.2 Å². The van der Waals surface area contributed by atoms with Gasteiger partial charge in [-0.25, -0.2) is 8.78 Å². The molecule has 9 heteroatoms. The average molecular weight is 355 g/mol. The van der Waals surface area contributed by atoms with E-state index in [0.717, 1.165) is 30.3 Å². The van der Waals surface area contributed by atoms with Crippen molar-refractivity contribution in [3.8, 4) is 11.4 Å². The third-order valence-electron chi connectivity index (χ3n) is 3.27. The zero-order valence-electron chi connectivity index (χ0n) is 12.4. The maximum Gasteiger partial charge on any atom is 0.416 e. The van der Waals surface area contributed by atoms with Crippen LogP contribution in [0, 0.1) is 11.6 Å². The fraction of sp³-hybridized carbons (Fsp3) is 0.125. The van der Waals surface area contributed by atoms with Gasteiger partial charge in [0.2, 0.25) is 11.7 Å². The number of anilines is 1. The van der Waals surface area contributed by atoms with E-state index in [1.165, 1.54) is 12.1 Å². The molecule has 0 aliphatic carbocycles. The first-order valence-electron chi connectivity index (χ1n) is 7.02. The molecule has 0 saturated heterocycles. The molecule has 25 heavy (non-hydrogen) atoms. The van der Waals surface area contributed by atoms with E-state index in [1.54, 1.807) is 0 Å². The highest BCUT2D eigenvalue weighted by Gasteiger charge is 2.30. The SMILES string of the molecule is Fc1ccc(F)c(NCc2nc(-c3cccc(C(F)(F)F)c3)no2)c1. The maximum absolute atomic E-state index is 13.5. The molecule has 0 radical (unpaired) electrons. The average Bonchev–Trinajstić information content (AvgIpc) is 3.04. The summed E-state index contributed by atoms with van der Waals surface area (Å²) in [4.78, 5) is 3.95. The van der Waals surface area contributed by atoms with Crippen molar-refractivity contribution < 1.29 is 26.5 Å². The largest absolute Gasteiger partial charge is 0.416 e. The van der Waals surface area contributed by atoms with E-state index in [0.29, 0.717) is 0 Å². The highest BCUT2D eigenvalue weighted by atomic mass is 19.4. The Balaban J connectivity index is 1.76. The van der Waals surface area contributed by atoms with Crippen molar-refractivity contribution >= 4 is 5.69 Å². The van der Waals surface area contributed by atoms with Crippen molar-refractivity contribution in [2.75, 3.05) is 5.32 Å². The lowest BCUT2D eigenvalue weighted by molar-refractivity contribution is -0.137. The first-order valence-corrected chi connectivity index (χ1v) is 7.02. The van der Waals surface area contributed by atoms with Gasteiger partial charge in [0.25, 0.3) is 0 Å². The highest BCUT2D eigenvalue weighted by Crippen LogP contribution is 2.31. The highest BCUT2D eigenvalue weighted by molar-refractivity contribution is 5.56. The molecular weight excluding hydrogens is 345 g/mol. The first-order chi connectivity index (χ1) is 11.8. The summed E-state index contributed by atoms with van der Waals surface area (Å²) in [5.74, 6) is -1.32. The molecule has 0 aliphatic heterocycles. The Hall–Kier alpha value is -2.97. The maximum atomic E-state index is 13.5. The zero-order valence-corrected chi connectivity index (χ0v) is 12.4. The van der Waals surface area contributed by atoms with Crippen LogP contribution in [-0.2, 0) is 12.7 Å². The Bertz CT molecular complexity index is 891. The quantitative estimate of drug-likeness (QED) is 0.693. The van der Waals surface area contributed by atoms with Crippen LogP contribution >= 0.6 is 0 Å². The van der Waals surface area contributed by atoms with E-state index in [4.69, 9.17) is 4.52 Å². The molecule has 0 amide bonds. The summed E-state index contributed by atoms with van der Waals surface area (Å²) in [6.45, 7) is -0.119. The third-order valence-corrected chi connectivity index (χ3v) is 3.27. The van der Waals surface area contributed by atoms with Crippen LogP contribution in [-0.4, -0.2) is 10.1 Å². The lowest BCUT2D eigenvalue weighted by Gasteiger charge is -2.06. The summed E-state index contributed by atoms with van der Waals surface area (Å²) in [6, 6.07) is 7.35. The molecule has 4 nitrogen and oxygen atoms in total. The summed E-state index contributed by atoms with van der Waals surface area (Å²) in [7, 11) is 0. The molecule has 1 aromatic heterocycles. The van der Waals surface area contributed by atoms with Crippen molar-refractivity contribution in [3.05, 3.63) is 65.6 Å². The minimum atomic E-state index is -4.49. The molecule has 1 heterocycles. The second-order valence-corrected chi connectivity index (χ2v) is 5.07. The van der Waals surface area contributed by atoms with E-state index >= 15 is 0 Å². The predicted octanol–water partition coefficient (Wildman–Crippen LogP) is 4.65. The van der Waals surface area contributed by atoms with Gasteiger partial charge in [-0.1, -0.05) is 17.3 Å². The number of aromatic nitrogens is 2. The van der Waals surface area contributed by atoms with Crippen LogP contribution in [0.4, 0.5) is 27.6 Å². The molecule has 0 fully saturated rings. The van der Waals surface area contributed by atoms with Crippen LogP contribution in [0.15, 0.2) is 47.0 Å². The number of rotatable bonds is 4. The summed E-state index contributed by atoms with van der Waals surface area (Å²) in [6.07, 6.45) is -4.49. The fourth-order valence-electron chi connectivity index (χ4n) is 2.08. The lowest BCUT2D eigenvalue weighted by Crippen LogP contribution is -2.04. The number of nitrogens with zero attached hydrogens (tertiary/aromatic N) is 2. The fourth-order valence-corrected chi connectivity index (χ4v) is 2.08. The van der Waals surface area contributed by atoms with Crippen LogP contribution in [0.5, 0.6) is 0 Å². The Morgan fingerprint density at radius 3 is 2.60 bits per heavy atom. The van der Waals surface area contributed by atoms with Gasteiger partial charge in [0.1, 0.15) is 11.6 Å². The molecule has 1 N–H and O–H groups in total. The standard InChI is InChI=1S/C16H10F5N3O/c17-11-4-5-12(18)13(7-11)22-8-14-23-15(24-25-14)9-2-1-3-10(6-9)16(19,20)21/h1-7,22H,8H2. The lowest BCUT2D eigenvalue weighted by atomic mass is 10.1. The minimum Gasteiger partial charge on any atom is -0.374 e. The Morgan fingerprint density at radius 2 is 1.84 bits per heavy atom. The molecule has 0 spiro atoms. The summed E-state index contributed by atoms with van der Waals surface area (Å²) >= 11 is 0. The van der Waals surface area contributed by atoms with Gasteiger partial charge in [-0.3, -0.25) is 0 Å². The minimum absolute atomic E-state index is 0.0103. The van der Waals surface area contributed by atoms with E-state index in [-0.39, 0.29) is 29.5 Å². The second-order valence-electron chi connectivity index (χ2n) is 5.07. The summed E-state index contributed by atoms with van der Waals surface area (Å²) in [5, 5.41) is 6.18. The summed E-state index contributed by atoms with van der Waals surface area (Å²) < 4.78 is 69.7. The van der Waals surface area contributed by atoms with Gasteiger partial charge < -0.3 is 9.84 Å². The van der Waals surface area contributed by atoms with E-state index in [1.807, 2.05) is 0 Å². The van der Waals surface area contributed by atoms with E-state index in [9.17, 15) is 22.0 Å². The molecule has 130 valence electrons. The third kappa shape index (κ3) is 3.93. The molecule has 3 rings (SSSR count). The molecule has 0 aliphatic rings. The van der Waals surface area contributed by atoms with Crippen LogP contribution in [0.25, 0.3) is 11.4 Å². The van der Waals surface area contributed by atoms with Gasteiger partial charge in [0.15, 0.2) is 0 Å². The molecule has 0 bridgehead atoms. The molecule has 0 saturated carbocycles. The first kappa shape index (κ1) is 16.9. The van der Waals surface area contributed by atoms with Gasteiger partial charge in [0.05, 0.1) is 17.8 Å². The van der Waals surface area contributed by atoms with E-state index < -0.39 is 23.4 Å². The Morgan fingerprint density at radius 1 is 1.04 bits per heavy atom. The Labute approximate surface area is 138 Å². The van der Waals surface area contributed by atoms with Crippen LogP contribution in [0.2, 0.25) is 0 Å². The Kier molecular flexibility index (Phi) is 4.39. The topological polar surface area (TPSA) is 51.0 Å². The smallest absolute Gasteiger partial charge is 0.374 e. The van der Waals surface area contributed by atoms with Crippen molar-refractivity contribution in [2.24, 2.45) is 0 Å². The molecule has 2 aromatic carbocycles.